The summed E-state index contributed by atoms with van der Waals surface area (Å²) >= 11 is 1.59. The summed E-state index contributed by atoms with van der Waals surface area (Å²) in [6, 6.07) is 12.5. The molecule has 0 aliphatic heterocycles. The number of hydrogen-bond donors (Lipinski definition) is 4. The second-order valence-corrected chi connectivity index (χ2v) is 11.8. The van der Waals surface area contributed by atoms with Crippen LogP contribution < -0.4 is 40.9 Å². The lowest BCUT2D eigenvalue weighted by Gasteiger charge is -2.19. The Balaban J connectivity index is 1.77. The second kappa shape index (κ2) is 15.5. The number of methoxy groups -OCH3 is 3. The molecule has 1 aliphatic rings. The molecular weight excluding hydrogens is 608 g/mol. The molecule has 1 aliphatic carbocycles. The average Bonchev–Trinajstić information content (AvgIpc) is 3.26. The van der Waals surface area contributed by atoms with Gasteiger partial charge in [-0.2, -0.15) is 11.8 Å². The average molecular weight is 649 g/mol. The molecule has 0 unspecified atom stereocenters. The molecule has 2 atom stereocenters. The number of aryl methyl sites for hydroxylation is 1. The predicted octanol–water partition coefficient (Wildman–Crippen LogP) is 4.99. The van der Waals surface area contributed by atoms with E-state index in [-0.39, 0.29) is 28.8 Å². The SMILES string of the molecule is COc1cc2c(c(OC)c1OC)-c1ccc(N[C@@H](CCSC)C(=O)Nc3ccc(NC(C)=O)cc3)c(=O)cc1[C@@H](NC(C)=O)CC2. The number of ether oxygens (including phenoxy) is 3. The van der Waals surface area contributed by atoms with E-state index >= 15 is 0 Å². The van der Waals surface area contributed by atoms with E-state index in [9.17, 15) is 19.2 Å². The highest BCUT2D eigenvalue weighted by Crippen LogP contribution is 2.50. The highest BCUT2D eigenvalue weighted by Gasteiger charge is 2.30. The van der Waals surface area contributed by atoms with Gasteiger partial charge in [0.1, 0.15) is 6.04 Å². The van der Waals surface area contributed by atoms with Gasteiger partial charge in [0.2, 0.25) is 28.9 Å². The zero-order valence-electron chi connectivity index (χ0n) is 26.9. The van der Waals surface area contributed by atoms with Gasteiger partial charge in [-0.05, 0) is 90.4 Å². The van der Waals surface area contributed by atoms with Crippen molar-refractivity contribution in [2.24, 2.45) is 0 Å². The molecule has 4 rings (SSSR count). The second-order valence-electron chi connectivity index (χ2n) is 10.8. The minimum atomic E-state index is -0.727. The Morgan fingerprint density at radius 2 is 1.57 bits per heavy atom. The highest BCUT2D eigenvalue weighted by molar-refractivity contribution is 7.98. The van der Waals surface area contributed by atoms with Gasteiger partial charge in [0, 0.05) is 30.8 Å². The first kappa shape index (κ1) is 34.2. The molecule has 4 N–H and O–H groups in total. The number of nitrogens with one attached hydrogen (secondary N) is 4. The molecule has 0 bridgehead atoms. The van der Waals surface area contributed by atoms with E-state index in [1.54, 1.807) is 56.3 Å². The van der Waals surface area contributed by atoms with Gasteiger partial charge in [-0.15, -0.1) is 0 Å². The zero-order valence-corrected chi connectivity index (χ0v) is 27.7. The maximum Gasteiger partial charge on any atom is 0.246 e. The molecule has 11 nitrogen and oxygen atoms in total. The smallest absolute Gasteiger partial charge is 0.246 e. The molecule has 0 spiro atoms. The van der Waals surface area contributed by atoms with Crippen molar-refractivity contribution in [2.45, 2.75) is 45.2 Å². The molecule has 244 valence electrons. The maximum absolute atomic E-state index is 13.8. The third-order valence-electron chi connectivity index (χ3n) is 7.65. The normalized spacial score (nSPS) is 14.0. The zero-order chi connectivity index (χ0) is 33.4. The van der Waals surface area contributed by atoms with Crippen molar-refractivity contribution in [1.29, 1.82) is 0 Å². The molecule has 3 amide bonds. The lowest BCUT2D eigenvalue weighted by molar-refractivity contribution is -0.120. The van der Waals surface area contributed by atoms with Crippen LogP contribution in [0.15, 0.2) is 53.3 Å². The van der Waals surface area contributed by atoms with Crippen molar-refractivity contribution in [1.82, 2.24) is 5.32 Å². The summed E-state index contributed by atoms with van der Waals surface area (Å²) in [7, 11) is 4.63. The molecule has 3 aromatic carbocycles. The fourth-order valence-electron chi connectivity index (χ4n) is 5.59. The van der Waals surface area contributed by atoms with E-state index < -0.39 is 12.1 Å². The number of thioether (sulfide) groups is 1. The van der Waals surface area contributed by atoms with Gasteiger partial charge in [-0.3, -0.25) is 19.2 Å². The largest absolute Gasteiger partial charge is 0.493 e. The number of rotatable bonds is 12. The van der Waals surface area contributed by atoms with Gasteiger partial charge >= 0.3 is 0 Å². The van der Waals surface area contributed by atoms with E-state index in [4.69, 9.17) is 14.2 Å². The van der Waals surface area contributed by atoms with Crippen LogP contribution in [0.25, 0.3) is 11.1 Å². The summed E-state index contributed by atoms with van der Waals surface area (Å²) < 4.78 is 17.1. The van der Waals surface area contributed by atoms with Gasteiger partial charge in [0.05, 0.1) is 33.1 Å². The van der Waals surface area contributed by atoms with Gasteiger partial charge in [-0.25, -0.2) is 0 Å². The van der Waals surface area contributed by atoms with Crippen molar-refractivity contribution in [3.63, 3.8) is 0 Å². The fourth-order valence-corrected chi connectivity index (χ4v) is 6.06. The van der Waals surface area contributed by atoms with Crippen molar-refractivity contribution < 1.29 is 28.6 Å². The Kier molecular flexibility index (Phi) is 11.5. The van der Waals surface area contributed by atoms with Gasteiger partial charge in [-0.1, -0.05) is 6.07 Å². The van der Waals surface area contributed by atoms with Crippen molar-refractivity contribution in [3.05, 3.63) is 69.9 Å². The number of fused-ring (bicyclic) bond motifs is 3. The maximum atomic E-state index is 13.8. The summed E-state index contributed by atoms with van der Waals surface area (Å²) in [4.78, 5) is 50.9. The molecular formula is C34H40N4O7S. The molecule has 0 aromatic heterocycles. The van der Waals surface area contributed by atoms with Crippen LogP contribution in [0.3, 0.4) is 0 Å². The van der Waals surface area contributed by atoms with E-state index in [0.717, 1.165) is 11.1 Å². The third-order valence-corrected chi connectivity index (χ3v) is 8.29. The summed E-state index contributed by atoms with van der Waals surface area (Å²) in [5, 5.41) is 11.8. The highest BCUT2D eigenvalue weighted by atomic mass is 32.2. The van der Waals surface area contributed by atoms with Crippen molar-refractivity contribution in [3.8, 4) is 28.4 Å². The van der Waals surface area contributed by atoms with E-state index in [2.05, 4.69) is 21.3 Å². The number of anilines is 3. The van der Waals surface area contributed by atoms with E-state index in [1.807, 2.05) is 18.4 Å². The van der Waals surface area contributed by atoms with Crippen molar-refractivity contribution >= 4 is 46.5 Å². The van der Waals surface area contributed by atoms with Gasteiger partial charge in [0.25, 0.3) is 0 Å². The van der Waals surface area contributed by atoms with Crippen LogP contribution in [0, 0.1) is 0 Å². The summed E-state index contributed by atoms with van der Waals surface area (Å²) in [6.45, 7) is 2.87. The number of carbonyl (C=O) groups is 3. The molecule has 0 fully saturated rings. The summed E-state index contributed by atoms with van der Waals surface area (Å²) in [5.41, 5.74) is 4.04. The van der Waals surface area contributed by atoms with Crippen LogP contribution in [-0.2, 0) is 20.8 Å². The van der Waals surface area contributed by atoms with Crippen LogP contribution in [-0.4, -0.2) is 57.1 Å². The lowest BCUT2D eigenvalue weighted by Crippen LogP contribution is -2.36. The third kappa shape index (κ3) is 7.92. The number of carbonyl (C=O) groups excluding carboxylic acids is 3. The van der Waals surface area contributed by atoms with E-state index in [0.29, 0.717) is 64.8 Å². The molecule has 0 saturated heterocycles. The Hall–Kier alpha value is -4.71. The van der Waals surface area contributed by atoms with Gasteiger partial charge < -0.3 is 35.5 Å². The molecule has 3 aromatic rings. The molecule has 0 saturated carbocycles. The molecule has 12 heteroatoms. The summed E-state index contributed by atoms with van der Waals surface area (Å²) in [6.07, 6.45) is 3.52. The van der Waals surface area contributed by atoms with Crippen LogP contribution >= 0.6 is 11.8 Å². The first-order valence-corrected chi connectivity index (χ1v) is 16.2. The first-order valence-electron chi connectivity index (χ1n) is 14.8. The first-order chi connectivity index (χ1) is 22.1. The molecule has 46 heavy (non-hydrogen) atoms. The molecule has 0 radical (unpaired) electrons. The fraction of sp³-hybridized carbons (Fsp3) is 0.353. The Morgan fingerprint density at radius 1 is 0.891 bits per heavy atom. The monoisotopic (exact) mass is 648 g/mol. The Bertz CT molecular complexity index is 1660. The Labute approximate surface area is 272 Å². The molecule has 0 heterocycles. The standard InChI is InChI=1S/C34H40N4O7S/c1-19(39)35-22-8-10-23(11-9-22)37-34(42)28(15-16-46-6)38-27-14-12-24-25(18-29(27)41)26(36-20(2)40)13-7-21-17-30(43-3)32(44-4)33(45-5)31(21)24/h8-12,14,17-18,26,28H,7,13,15-16H2,1-6H3,(H,35,39)(H,36,40)(H,37,42)(H,38,41)/t26-,28-/m0/s1. The van der Waals surface area contributed by atoms with Gasteiger partial charge in [0.15, 0.2) is 11.5 Å². The quantitative estimate of drug-likeness (QED) is 0.213. The number of amides is 3. The number of hydrogen-bond acceptors (Lipinski definition) is 9. The van der Waals surface area contributed by atoms with Crippen LogP contribution in [0.5, 0.6) is 17.2 Å². The Morgan fingerprint density at radius 3 is 2.15 bits per heavy atom. The van der Waals surface area contributed by atoms with Crippen LogP contribution in [0.1, 0.15) is 43.9 Å². The van der Waals surface area contributed by atoms with E-state index in [1.165, 1.54) is 27.0 Å². The summed E-state index contributed by atoms with van der Waals surface area (Å²) in [5.74, 6) is 1.33. The number of benzene rings is 2. The minimum Gasteiger partial charge on any atom is -0.493 e. The topological polar surface area (TPSA) is 144 Å². The van der Waals surface area contributed by atoms with Crippen LogP contribution in [0.2, 0.25) is 0 Å². The lowest BCUT2D eigenvalue weighted by atomic mass is 9.95. The minimum absolute atomic E-state index is 0.191. The predicted molar refractivity (Wildman–Crippen MR) is 182 cm³/mol. The van der Waals surface area contributed by atoms with Crippen LogP contribution in [0.4, 0.5) is 17.1 Å². The van der Waals surface area contributed by atoms with Crippen molar-refractivity contribution in [2.75, 3.05) is 49.3 Å².